The van der Waals surface area contributed by atoms with Crippen molar-refractivity contribution in [3.63, 3.8) is 0 Å². The van der Waals surface area contributed by atoms with Crippen molar-refractivity contribution in [2.45, 2.75) is 21.6 Å². The maximum atomic E-state index is 12.3. The first kappa shape index (κ1) is 19.2. The molecule has 0 bridgehead atoms. The van der Waals surface area contributed by atoms with Crippen molar-refractivity contribution in [3.05, 3.63) is 39.9 Å². The lowest BCUT2D eigenvalue weighted by atomic mass is 10.1. The molecule has 0 aliphatic carbocycles. The van der Waals surface area contributed by atoms with Crippen LogP contribution in [-0.2, 0) is 9.53 Å². The number of carbonyl (C=O) groups excluding carboxylic acids is 2. The number of nitro groups is 1. The van der Waals surface area contributed by atoms with Crippen LogP contribution in [0.5, 0.6) is 0 Å². The van der Waals surface area contributed by atoms with Crippen molar-refractivity contribution >= 4 is 68.2 Å². The van der Waals surface area contributed by atoms with Crippen molar-refractivity contribution in [2.24, 2.45) is 0 Å². The number of ketones is 1. The number of benzene rings is 1. The topological polar surface area (TPSA) is 86.5 Å². The van der Waals surface area contributed by atoms with Gasteiger partial charge in [0.25, 0.3) is 5.69 Å². The maximum absolute atomic E-state index is 12.3. The average molecular weight is 433 g/mol. The van der Waals surface area contributed by atoms with Gasteiger partial charge in [-0.05, 0) is 12.1 Å². The van der Waals surface area contributed by atoms with Crippen LogP contribution in [0.4, 0.5) is 5.69 Å². The Kier molecular flexibility index (Phi) is 6.61. The zero-order chi connectivity index (χ0) is 17.1. The lowest BCUT2D eigenvalue weighted by Gasteiger charge is -2.27. The SMILES string of the molecule is CC(=O)OC(C(Br)C(=O)c1ccc([N+](=O)[O-])cc1)C(Cl)(Cl)Cl. The second kappa shape index (κ2) is 7.59. The summed E-state index contributed by atoms with van der Waals surface area (Å²) in [6, 6.07) is 4.86. The highest BCUT2D eigenvalue weighted by Crippen LogP contribution is 2.37. The van der Waals surface area contributed by atoms with Crippen molar-refractivity contribution in [3.8, 4) is 0 Å². The molecule has 2 atom stereocenters. The summed E-state index contributed by atoms with van der Waals surface area (Å²) in [5, 5.41) is 10.6. The molecule has 6 nitrogen and oxygen atoms in total. The van der Waals surface area contributed by atoms with Crippen LogP contribution in [0, 0.1) is 10.1 Å². The third kappa shape index (κ3) is 5.08. The molecular weight excluding hydrogens is 424 g/mol. The van der Waals surface area contributed by atoms with Gasteiger partial charge in [0.05, 0.1) is 4.92 Å². The molecule has 0 saturated carbocycles. The number of halogens is 4. The summed E-state index contributed by atoms with van der Waals surface area (Å²) in [7, 11) is 0. The molecule has 1 aromatic carbocycles. The van der Waals surface area contributed by atoms with E-state index in [9.17, 15) is 19.7 Å². The molecule has 2 unspecified atom stereocenters. The van der Waals surface area contributed by atoms with Crippen LogP contribution in [0.25, 0.3) is 0 Å². The molecule has 0 fully saturated rings. The molecule has 0 saturated heterocycles. The maximum Gasteiger partial charge on any atom is 0.303 e. The summed E-state index contributed by atoms with van der Waals surface area (Å²) in [6.45, 7) is 1.11. The number of non-ortho nitro benzene ring substituents is 1. The molecule has 0 aliphatic rings. The van der Waals surface area contributed by atoms with Crippen molar-refractivity contribution in [1.29, 1.82) is 0 Å². The molecule has 0 aromatic heterocycles. The molecule has 0 amide bonds. The van der Waals surface area contributed by atoms with Gasteiger partial charge in [0, 0.05) is 24.6 Å². The summed E-state index contributed by atoms with van der Waals surface area (Å²) in [6.07, 6.45) is -1.36. The number of nitro benzene ring substituents is 1. The Hall–Kier alpha value is -0.890. The van der Waals surface area contributed by atoms with E-state index in [1.54, 1.807) is 0 Å². The second-order valence-electron chi connectivity index (χ2n) is 4.14. The molecule has 1 aromatic rings. The largest absolute Gasteiger partial charge is 0.456 e. The lowest BCUT2D eigenvalue weighted by molar-refractivity contribution is -0.384. The van der Waals surface area contributed by atoms with Crippen LogP contribution >= 0.6 is 50.7 Å². The fraction of sp³-hybridized carbons (Fsp3) is 0.333. The number of hydrogen-bond acceptors (Lipinski definition) is 5. The quantitative estimate of drug-likeness (QED) is 0.232. The highest BCUT2D eigenvalue weighted by molar-refractivity contribution is 9.10. The van der Waals surface area contributed by atoms with Crippen molar-refractivity contribution < 1.29 is 19.2 Å². The lowest BCUT2D eigenvalue weighted by Crippen LogP contribution is -2.42. The minimum absolute atomic E-state index is 0.138. The van der Waals surface area contributed by atoms with Crippen LogP contribution in [0.15, 0.2) is 24.3 Å². The number of esters is 1. The zero-order valence-corrected chi connectivity index (χ0v) is 14.8. The average Bonchev–Trinajstić information content (AvgIpc) is 2.42. The standard InChI is InChI=1S/C12H9BrCl3NO5/c1-6(18)22-11(12(14,15)16)9(13)10(19)7-2-4-8(5-3-7)17(20)21/h2-5,9,11H,1H3. The molecule has 0 aliphatic heterocycles. The number of alkyl halides is 4. The first-order valence-electron chi connectivity index (χ1n) is 5.70. The number of Topliss-reactive ketones (excluding diaryl/α,β-unsaturated/α-hetero) is 1. The Balaban J connectivity index is 3.02. The summed E-state index contributed by atoms with van der Waals surface area (Å²) < 4.78 is 2.84. The van der Waals surface area contributed by atoms with E-state index in [2.05, 4.69) is 15.9 Å². The van der Waals surface area contributed by atoms with Gasteiger partial charge in [-0.15, -0.1) is 0 Å². The number of hydrogen-bond donors (Lipinski definition) is 0. The summed E-state index contributed by atoms with van der Waals surface area (Å²) >= 11 is 20.2. The monoisotopic (exact) mass is 431 g/mol. The van der Waals surface area contributed by atoms with Gasteiger partial charge in [-0.25, -0.2) is 0 Å². The van der Waals surface area contributed by atoms with E-state index in [1.807, 2.05) is 0 Å². The molecular formula is C12H9BrCl3NO5. The highest BCUT2D eigenvalue weighted by Gasteiger charge is 2.43. The Bertz CT molecular complexity index is 587. The van der Waals surface area contributed by atoms with Gasteiger partial charge in [-0.2, -0.15) is 0 Å². The van der Waals surface area contributed by atoms with E-state index in [0.29, 0.717) is 0 Å². The van der Waals surface area contributed by atoms with Gasteiger partial charge in [0.2, 0.25) is 3.79 Å². The first-order valence-corrected chi connectivity index (χ1v) is 7.75. The van der Waals surface area contributed by atoms with Crippen LogP contribution in [-0.4, -0.2) is 31.4 Å². The number of ether oxygens (including phenoxy) is 1. The first-order chi connectivity index (χ1) is 10.0. The molecule has 22 heavy (non-hydrogen) atoms. The van der Waals surface area contributed by atoms with Gasteiger partial charge in [0.1, 0.15) is 4.83 Å². The molecule has 0 spiro atoms. The van der Waals surface area contributed by atoms with Gasteiger partial charge >= 0.3 is 5.97 Å². The Morgan fingerprint density at radius 1 is 1.27 bits per heavy atom. The highest BCUT2D eigenvalue weighted by atomic mass is 79.9. The van der Waals surface area contributed by atoms with E-state index in [1.165, 1.54) is 24.3 Å². The molecule has 120 valence electrons. The third-order valence-corrected chi connectivity index (χ3v) is 4.04. The summed E-state index contributed by atoms with van der Waals surface area (Å²) in [5.41, 5.74) is -0.0283. The van der Waals surface area contributed by atoms with E-state index in [-0.39, 0.29) is 11.3 Å². The molecule has 0 radical (unpaired) electrons. The minimum atomic E-state index is -2.03. The number of nitrogens with zero attached hydrogens (tertiary/aromatic N) is 1. The Morgan fingerprint density at radius 2 is 1.77 bits per heavy atom. The molecule has 10 heteroatoms. The minimum Gasteiger partial charge on any atom is -0.456 e. The predicted octanol–water partition coefficient (Wildman–Crippen LogP) is 3.84. The normalized spacial score (nSPS) is 14.0. The van der Waals surface area contributed by atoms with Crippen LogP contribution < -0.4 is 0 Å². The summed E-state index contributed by atoms with van der Waals surface area (Å²) in [5.74, 6) is -1.27. The Labute approximate surface area is 148 Å². The second-order valence-corrected chi connectivity index (χ2v) is 7.50. The van der Waals surface area contributed by atoms with Gasteiger partial charge in [-0.1, -0.05) is 50.7 Å². The predicted molar refractivity (Wildman–Crippen MR) is 86.0 cm³/mol. The van der Waals surface area contributed by atoms with E-state index in [0.717, 1.165) is 6.92 Å². The van der Waals surface area contributed by atoms with Crippen LogP contribution in [0.3, 0.4) is 0 Å². The number of carbonyl (C=O) groups is 2. The van der Waals surface area contributed by atoms with Crippen LogP contribution in [0.1, 0.15) is 17.3 Å². The fourth-order valence-corrected chi connectivity index (χ4v) is 3.25. The van der Waals surface area contributed by atoms with Gasteiger partial charge in [0.15, 0.2) is 11.9 Å². The Morgan fingerprint density at radius 3 is 2.14 bits per heavy atom. The zero-order valence-electron chi connectivity index (χ0n) is 11.0. The van der Waals surface area contributed by atoms with E-state index < -0.39 is 31.4 Å². The van der Waals surface area contributed by atoms with Crippen molar-refractivity contribution in [1.82, 2.24) is 0 Å². The van der Waals surface area contributed by atoms with Crippen LogP contribution in [0.2, 0.25) is 0 Å². The summed E-state index contributed by atoms with van der Waals surface area (Å²) in [4.78, 5) is 32.2. The molecule has 1 rings (SSSR count). The van der Waals surface area contributed by atoms with Gasteiger partial charge < -0.3 is 4.74 Å². The van der Waals surface area contributed by atoms with E-state index in [4.69, 9.17) is 39.5 Å². The smallest absolute Gasteiger partial charge is 0.303 e. The molecule has 0 heterocycles. The fourth-order valence-electron chi connectivity index (χ4n) is 1.52. The number of rotatable bonds is 5. The van der Waals surface area contributed by atoms with Crippen molar-refractivity contribution in [2.75, 3.05) is 0 Å². The molecule has 0 N–H and O–H groups in total. The third-order valence-electron chi connectivity index (χ3n) is 2.49. The van der Waals surface area contributed by atoms with Gasteiger partial charge in [-0.3, -0.25) is 19.7 Å². The van der Waals surface area contributed by atoms with E-state index >= 15 is 0 Å².